The lowest BCUT2D eigenvalue weighted by atomic mass is 10.0. The quantitative estimate of drug-likeness (QED) is 0.612. The summed E-state index contributed by atoms with van der Waals surface area (Å²) in [6.07, 6.45) is 5.62. The van der Waals surface area contributed by atoms with Crippen molar-refractivity contribution in [3.63, 3.8) is 0 Å². The highest BCUT2D eigenvalue weighted by Gasteiger charge is 2.24. The molecule has 3 aromatic rings. The maximum Gasteiger partial charge on any atom is 0.253 e. The number of carbonyl (C=O) groups is 1. The van der Waals surface area contributed by atoms with Crippen LogP contribution >= 0.6 is 0 Å². The Morgan fingerprint density at radius 2 is 1.79 bits per heavy atom. The van der Waals surface area contributed by atoms with Crippen molar-refractivity contribution in [2.24, 2.45) is 0 Å². The Balaban J connectivity index is 1.44. The summed E-state index contributed by atoms with van der Waals surface area (Å²) in [5, 5.41) is 3.25. The van der Waals surface area contributed by atoms with E-state index < -0.39 is 0 Å². The maximum atomic E-state index is 12.9. The lowest BCUT2D eigenvalue weighted by Gasteiger charge is -2.35. The minimum Gasteiger partial charge on any atom is -0.339 e. The van der Waals surface area contributed by atoms with Crippen LogP contribution in [-0.2, 0) is 0 Å². The van der Waals surface area contributed by atoms with Crippen LogP contribution in [0.25, 0.3) is 11.4 Å². The third-order valence-corrected chi connectivity index (χ3v) is 6.29. The minimum atomic E-state index is 0.0920. The van der Waals surface area contributed by atoms with Crippen LogP contribution < -0.4 is 5.32 Å². The van der Waals surface area contributed by atoms with Crippen LogP contribution in [0.3, 0.4) is 0 Å². The average molecular weight is 448 g/mol. The normalized spacial score (nSPS) is 14.8. The Morgan fingerprint density at radius 1 is 1.09 bits per heavy atom. The first-order valence-corrected chi connectivity index (χ1v) is 11.5. The van der Waals surface area contributed by atoms with Gasteiger partial charge in [-0.1, -0.05) is 0 Å². The third kappa shape index (κ3) is 5.06. The Morgan fingerprint density at radius 3 is 2.42 bits per heavy atom. The van der Waals surface area contributed by atoms with Gasteiger partial charge in [0.2, 0.25) is 5.95 Å². The molecule has 1 N–H and O–H groups in total. The number of benzene rings is 1. The van der Waals surface area contributed by atoms with Crippen LogP contribution in [0, 0.1) is 6.92 Å². The molecule has 0 spiro atoms. The van der Waals surface area contributed by atoms with Crippen LogP contribution in [0.2, 0.25) is 0 Å². The van der Waals surface area contributed by atoms with Gasteiger partial charge in [-0.25, -0.2) is 15.0 Å². The second-order valence-electron chi connectivity index (χ2n) is 9.11. The summed E-state index contributed by atoms with van der Waals surface area (Å²) >= 11 is 0. The average Bonchev–Trinajstić information content (AvgIpc) is 3.21. The molecule has 0 bridgehead atoms. The van der Waals surface area contributed by atoms with Gasteiger partial charge in [-0.2, -0.15) is 0 Å². The van der Waals surface area contributed by atoms with E-state index in [0.29, 0.717) is 17.6 Å². The second-order valence-corrected chi connectivity index (χ2v) is 9.11. The van der Waals surface area contributed by atoms with E-state index in [9.17, 15) is 4.79 Å². The molecule has 1 fully saturated rings. The van der Waals surface area contributed by atoms with E-state index in [1.165, 1.54) is 0 Å². The van der Waals surface area contributed by atoms with Gasteiger partial charge in [-0.05, 0) is 78.0 Å². The van der Waals surface area contributed by atoms with E-state index in [0.717, 1.165) is 48.8 Å². The number of imidazole rings is 1. The minimum absolute atomic E-state index is 0.0920. The van der Waals surface area contributed by atoms with E-state index in [1.807, 2.05) is 48.4 Å². The standard InChI is InChI=1S/C25H33N7O/c1-17(2)32-18(3)27-16-23(32)22-10-13-26-25(29-22)28-20-8-6-19(7-9-20)24(33)31-14-11-21(12-15-31)30(4)5/h6-10,13,16-17,21H,11-12,14-15H2,1-5H3,(H,26,28,29). The largest absolute Gasteiger partial charge is 0.339 e. The zero-order valence-corrected chi connectivity index (χ0v) is 20.1. The molecule has 0 radical (unpaired) electrons. The summed E-state index contributed by atoms with van der Waals surface area (Å²) < 4.78 is 2.16. The summed E-state index contributed by atoms with van der Waals surface area (Å²) in [5.41, 5.74) is 3.32. The van der Waals surface area contributed by atoms with E-state index in [-0.39, 0.29) is 11.9 Å². The third-order valence-electron chi connectivity index (χ3n) is 6.29. The van der Waals surface area contributed by atoms with Crippen LogP contribution in [0.15, 0.2) is 42.7 Å². The first-order chi connectivity index (χ1) is 15.8. The summed E-state index contributed by atoms with van der Waals surface area (Å²) in [5.74, 6) is 1.56. The van der Waals surface area contributed by atoms with Gasteiger partial charge in [0.1, 0.15) is 5.82 Å². The molecule has 0 saturated carbocycles. The number of likely N-dealkylation sites (tertiary alicyclic amines) is 1. The molecule has 2 aromatic heterocycles. The van der Waals surface area contributed by atoms with Crippen molar-refractivity contribution in [1.82, 2.24) is 29.3 Å². The molecule has 1 aliphatic heterocycles. The number of anilines is 2. The van der Waals surface area contributed by atoms with Crippen molar-refractivity contribution >= 4 is 17.5 Å². The van der Waals surface area contributed by atoms with Gasteiger partial charge in [-0.15, -0.1) is 0 Å². The number of aromatic nitrogens is 4. The molecule has 174 valence electrons. The molecule has 1 aromatic carbocycles. The molecule has 1 saturated heterocycles. The van der Waals surface area contributed by atoms with Crippen LogP contribution in [0.1, 0.15) is 48.9 Å². The Kier molecular flexibility index (Phi) is 6.74. The molecule has 1 amide bonds. The second kappa shape index (κ2) is 9.70. The zero-order valence-electron chi connectivity index (χ0n) is 20.1. The molecule has 0 unspecified atom stereocenters. The number of aryl methyl sites for hydroxylation is 1. The van der Waals surface area contributed by atoms with Crippen LogP contribution in [0.4, 0.5) is 11.6 Å². The number of nitrogens with zero attached hydrogens (tertiary/aromatic N) is 6. The molecule has 0 aliphatic carbocycles. The molecule has 8 nitrogen and oxygen atoms in total. The van der Waals surface area contributed by atoms with Crippen LogP contribution in [0.5, 0.6) is 0 Å². The van der Waals surface area contributed by atoms with Crippen molar-refractivity contribution in [3.8, 4) is 11.4 Å². The fourth-order valence-electron chi connectivity index (χ4n) is 4.45. The number of carbonyl (C=O) groups excluding carboxylic acids is 1. The molecule has 0 atom stereocenters. The lowest BCUT2D eigenvalue weighted by Crippen LogP contribution is -2.44. The molecular formula is C25H33N7O. The fourth-order valence-corrected chi connectivity index (χ4v) is 4.45. The molecule has 3 heterocycles. The summed E-state index contributed by atoms with van der Waals surface area (Å²) in [4.78, 5) is 30.6. The summed E-state index contributed by atoms with van der Waals surface area (Å²) in [6, 6.07) is 10.3. The van der Waals surface area contributed by atoms with E-state index in [1.54, 1.807) is 6.20 Å². The Bertz CT molecular complexity index is 1100. The number of nitrogens with one attached hydrogen (secondary N) is 1. The number of rotatable bonds is 6. The van der Waals surface area contributed by atoms with E-state index >= 15 is 0 Å². The van der Waals surface area contributed by atoms with Crippen molar-refractivity contribution in [2.45, 2.75) is 45.7 Å². The summed E-state index contributed by atoms with van der Waals surface area (Å²) in [6.45, 7) is 7.86. The van der Waals surface area contributed by atoms with Gasteiger partial charge in [0.15, 0.2) is 0 Å². The number of hydrogen-bond acceptors (Lipinski definition) is 6. The van der Waals surface area contributed by atoms with Crippen molar-refractivity contribution in [1.29, 1.82) is 0 Å². The van der Waals surface area contributed by atoms with Gasteiger partial charge in [-0.3, -0.25) is 4.79 Å². The highest BCUT2D eigenvalue weighted by atomic mass is 16.2. The summed E-state index contributed by atoms with van der Waals surface area (Å²) in [7, 11) is 4.21. The maximum absolute atomic E-state index is 12.9. The molecule has 4 rings (SSSR count). The number of piperidine rings is 1. The Labute approximate surface area is 195 Å². The van der Waals surface area contributed by atoms with E-state index in [4.69, 9.17) is 0 Å². The van der Waals surface area contributed by atoms with Crippen molar-refractivity contribution < 1.29 is 4.79 Å². The highest BCUT2D eigenvalue weighted by Crippen LogP contribution is 2.24. The predicted molar refractivity (Wildman–Crippen MR) is 131 cm³/mol. The number of hydrogen-bond donors (Lipinski definition) is 1. The zero-order chi connectivity index (χ0) is 23.5. The SMILES string of the molecule is Cc1ncc(-c2ccnc(Nc3ccc(C(=O)N4CCC(N(C)C)CC4)cc3)n2)n1C(C)C. The van der Waals surface area contributed by atoms with Gasteiger partial charge in [0.05, 0.1) is 17.6 Å². The fraction of sp³-hybridized carbons (Fsp3) is 0.440. The van der Waals surface area contributed by atoms with Crippen molar-refractivity contribution in [2.75, 3.05) is 32.5 Å². The molecule has 1 aliphatic rings. The molecule has 33 heavy (non-hydrogen) atoms. The first kappa shape index (κ1) is 22.9. The Hall–Kier alpha value is -3.26. The lowest BCUT2D eigenvalue weighted by molar-refractivity contribution is 0.0663. The monoisotopic (exact) mass is 447 g/mol. The molecular weight excluding hydrogens is 414 g/mol. The van der Waals surface area contributed by atoms with Gasteiger partial charge < -0.3 is 19.7 Å². The smallest absolute Gasteiger partial charge is 0.253 e. The number of amides is 1. The first-order valence-electron chi connectivity index (χ1n) is 11.5. The van der Waals surface area contributed by atoms with Gasteiger partial charge in [0.25, 0.3) is 5.91 Å². The van der Waals surface area contributed by atoms with Crippen LogP contribution in [-0.4, -0.2) is 68.5 Å². The van der Waals surface area contributed by atoms with Gasteiger partial charge in [0, 0.05) is 42.6 Å². The molecule has 8 heteroatoms. The van der Waals surface area contributed by atoms with Crippen molar-refractivity contribution in [3.05, 3.63) is 54.1 Å². The highest BCUT2D eigenvalue weighted by molar-refractivity contribution is 5.94. The predicted octanol–water partition coefficient (Wildman–Crippen LogP) is 4.14. The van der Waals surface area contributed by atoms with E-state index in [2.05, 4.69) is 57.7 Å². The topological polar surface area (TPSA) is 79.2 Å². The van der Waals surface area contributed by atoms with Gasteiger partial charge >= 0.3 is 0 Å².